The maximum absolute atomic E-state index is 14.7. The maximum Gasteiger partial charge on any atom is 0.209 e. The molecular weight excluding hydrogens is 601 g/mol. The molecule has 9 nitrogen and oxygen atoms in total. The zero-order valence-corrected chi connectivity index (χ0v) is 25.7. The average molecular weight is 632 g/mol. The van der Waals surface area contributed by atoms with Gasteiger partial charge in [-0.15, -0.1) is 0 Å². The van der Waals surface area contributed by atoms with Crippen molar-refractivity contribution >= 4 is 31.8 Å². The number of benzene rings is 3. The molecule has 0 spiro atoms. The Morgan fingerprint density at radius 2 is 1.59 bits per heavy atom. The first-order valence-electron chi connectivity index (χ1n) is 14.7. The summed E-state index contributed by atoms with van der Waals surface area (Å²) in [6.45, 7) is 1.43. The molecule has 4 heterocycles. The van der Waals surface area contributed by atoms with Crippen molar-refractivity contribution in [2.45, 2.75) is 19.6 Å². The number of hydrogen-bond donors (Lipinski definition) is 4. The van der Waals surface area contributed by atoms with Crippen molar-refractivity contribution in [2.75, 3.05) is 6.26 Å². The zero-order chi connectivity index (χ0) is 31.7. The Bertz CT molecular complexity index is 2300. The van der Waals surface area contributed by atoms with Crippen molar-refractivity contribution in [3.63, 3.8) is 0 Å². The second-order valence-corrected chi connectivity index (χ2v) is 13.1. The number of rotatable bonds is 10. The van der Waals surface area contributed by atoms with Gasteiger partial charge >= 0.3 is 0 Å². The van der Waals surface area contributed by atoms with Crippen LogP contribution in [0.2, 0.25) is 0 Å². The van der Waals surface area contributed by atoms with Gasteiger partial charge in [0.2, 0.25) is 10.0 Å². The third kappa shape index (κ3) is 6.43. The first-order chi connectivity index (χ1) is 22.3. The molecule has 0 atom stereocenters. The van der Waals surface area contributed by atoms with E-state index in [0.717, 1.165) is 68.4 Å². The molecule has 0 amide bonds. The summed E-state index contributed by atoms with van der Waals surface area (Å²) in [5.41, 5.74) is 9.10. The molecule has 0 saturated heterocycles. The molecule has 0 unspecified atom stereocenters. The number of fused-ring (bicyclic) bond motifs is 2. The topological polar surface area (TPSA) is 128 Å². The van der Waals surface area contributed by atoms with E-state index in [2.05, 4.69) is 53.4 Å². The summed E-state index contributed by atoms with van der Waals surface area (Å²) in [7, 11) is -3.42. The van der Waals surface area contributed by atoms with E-state index in [-0.39, 0.29) is 6.54 Å². The maximum atomic E-state index is 14.7. The molecule has 4 N–H and O–H groups in total. The standard InChI is InChI=1S/C35H30FN7O2S/c1-46(44,45)40-19-23-10-25(13-27(36)12-23)28-8-5-9-31-29(28)14-33(41-31)35-30-15-32(39-21-34(30)42-43-35)26-11-24(18-38-20-26)17-37-16-22-6-3-2-4-7-22/h2-15,18,20-21,37,40-41H,16-17,19H2,1H3,(H,42,43). The van der Waals surface area contributed by atoms with Gasteiger partial charge in [-0.1, -0.05) is 42.5 Å². The van der Waals surface area contributed by atoms with Gasteiger partial charge in [-0.05, 0) is 70.3 Å². The number of aromatic amines is 2. The number of aromatic nitrogens is 5. The van der Waals surface area contributed by atoms with Crippen LogP contribution in [0, 0.1) is 5.82 Å². The smallest absolute Gasteiger partial charge is 0.209 e. The highest BCUT2D eigenvalue weighted by Gasteiger charge is 2.16. The fourth-order valence-corrected chi connectivity index (χ4v) is 6.04. The lowest BCUT2D eigenvalue weighted by Gasteiger charge is -2.08. The number of H-pyrrole nitrogens is 2. The van der Waals surface area contributed by atoms with Crippen molar-refractivity contribution in [3.05, 3.63) is 126 Å². The third-order valence-corrected chi connectivity index (χ3v) is 8.43. The number of nitrogens with zero attached hydrogens (tertiary/aromatic N) is 3. The lowest BCUT2D eigenvalue weighted by atomic mass is 9.99. The summed E-state index contributed by atoms with van der Waals surface area (Å²) in [5.74, 6) is -0.445. The fourth-order valence-electron chi connectivity index (χ4n) is 5.61. The van der Waals surface area contributed by atoms with E-state index >= 15 is 0 Å². The van der Waals surface area contributed by atoms with E-state index in [1.165, 1.54) is 17.7 Å². The molecule has 0 bridgehead atoms. The van der Waals surface area contributed by atoms with Crippen molar-refractivity contribution < 1.29 is 12.8 Å². The van der Waals surface area contributed by atoms with Gasteiger partial charge in [0.25, 0.3) is 0 Å². The van der Waals surface area contributed by atoms with E-state index in [1.54, 1.807) is 12.3 Å². The van der Waals surface area contributed by atoms with Gasteiger partial charge in [0.1, 0.15) is 11.5 Å². The van der Waals surface area contributed by atoms with Crippen LogP contribution in [0.5, 0.6) is 0 Å². The van der Waals surface area contributed by atoms with Crippen LogP contribution in [-0.2, 0) is 29.7 Å². The molecule has 46 heavy (non-hydrogen) atoms. The lowest BCUT2D eigenvalue weighted by Crippen LogP contribution is -2.21. The first-order valence-corrected chi connectivity index (χ1v) is 16.6. The normalized spacial score (nSPS) is 11.9. The van der Waals surface area contributed by atoms with Gasteiger partial charge < -0.3 is 10.3 Å². The van der Waals surface area contributed by atoms with E-state index in [1.807, 2.05) is 60.9 Å². The molecule has 0 aliphatic heterocycles. The highest BCUT2D eigenvalue weighted by molar-refractivity contribution is 7.88. The molecule has 230 valence electrons. The Labute approximate surface area is 265 Å². The zero-order valence-electron chi connectivity index (χ0n) is 24.9. The van der Waals surface area contributed by atoms with Crippen LogP contribution in [0.15, 0.2) is 104 Å². The summed E-state index contributed by atoms with van der Waals surface area (Å²) < 4.78 is 40.3. The third-order valence-electron chi connectivity index (χ3n) is 7.77. The number of nitrogens with one attached hydrogen (secondary N) is 4. The van der Waals surface area contributed by atoms with E-state index < -0.39 is 15.8 Å². The number of halogens is 1. The summed E-state index contributed by atoms with van der Waals surface area (Å²) in [4.78, 5) is 12.6. The summed E-state index contributed by atoms with van der Waals surface area (Å²) >= 11 is 0. The molecule has 0 aliphatic carbocycles. The summed E-state index contributed by atoms with van der Waals surface area (Å²) in [6.07, 6.45) is 6.51. The minimum atomic E-state index is -3.42. The predicted octanol–water partition coefficient (Wildman–Crippen LogP) is 6.31. The van der Waals surface area contributed by atoms with Gasteiger partial charge in [0.15, 0.2) is 0 Å². The molecule has 0 aliphatic rings. The molecule has 0 saturated carbocycles. The Morgan fingerprint density at radius 3 is 2.43 bits per heavy atom. The van der Waals surface area contributed by atoms with Gasteiger partial charge in [-0.25, -0.2) is 17.5 Å². The second kappa shape index (κ2) is 12.3. The number of pyridine rings is 2. The monoisotopic (exact) mass is 631 g/mol. The van der Waals surface area contributed by atoms with Crippen molar-refractivity contribution in [1.82, 2.24) is 35.2 Å². The Balaban J connectivity index is 1.19. The van der Waals surface area contributed by atoms with Crippen LogP contribution < -0.4 is 10.0 Å². The number of sulfonamides is 1. The molecule has 0 fully saturated rings. The van der Waals surface area contributed by atoms with Crippen molar-refractivity contribution in [1.29, 1.82) is 0 Å². The Morgan fingerprint density at radius 1 is 0.761 bits per heavy atom. The predicted molar refractivity (Wildman–Crippen MR) is 178 cm³/mol. The van der Waals surface area contributed by atoms with Gasteiger partial charge in [-0.2, -0.15) is 5.10 Å². The SMILES string of the molecule is CS(=O)(=O)NCc1cc(F)cc(-c2cccc3[nH]c(-c4n[nH]c5cnc(-c6cncc(CNCc7ccccc7)c6)cc45)cc23)c1. The van der Waals surface area contributed by atoms with Crippen LogP contribution >= 0.6 is 0 Å². The molecule has 3 aromatic carbocycles. The van der Waals surface area contributed by atoms with Crippen LogP contribution in [0.25, 0.3) is 55.6 Å². The molecule has 7 rings (SSSR count). The molecule has 7 aromatic rings. The molecular formula is C35H30FN7O2S. The minimum absolute atomic E-state index is 0.00376. The largest absolute Gasteiger partial charge is 0.353 e. The quantitative estimate of drug-likeness (QED) is 0.140. The van der Waals surface area contributed by atoms with Crippen molar-refractivity contribution in [3.8, 4) is 33.8 Å². The van der Waals surface area contributed by atoms with Crippen LogP contribution in [-0.4, -0.2) is 39.8 Å². The molecule has 4 aromatic heterocycles. The average Bonchev–Trinajstić information content (AvgIpc) is 3.68. The molecule has 0 radical (unpaired) electrons. The first kappa shape index (κ1) is 29.5. The highest BCUT2D eigenvalue weighted by Crippen LogP contribution is 2.35. The van der Waals surface area contributed by atoms with Gasteiger partial charge in [-0.3, -0.25) is 15.1 Å². The van der Waals surface area contributed by atoms with Gasteiger partial charge in [0.05, 0.1) is 29.4 Å². The summed E-state index contributed by atoms with van der Waals surface area (Å²) in [6, 6.07) is 26.7. The molecule has 11 heteroatoms. The Kier molecular flexibility index (Phi) is 7.87. The van der Waals surface area contributed by atoms with Crippen LogP contribution in [0.3, 0.4) is 0 Å². The van der Waals surface area contributed by atoms with Crippen LogP contribution in [0.4, 0.5) is 4.39 Å². The summed E-state index contributed by atoms with van der Waals surface area (Å²) in [5, 5.41) is 13.0. The second-order valence-electron chi connectivity index (χ2n) is 11.2. The van der Waals surface area contributed by atoms with E-state index in [9.17, 15) is 12.8 Å². The van der Waals surface area contributed by atoms with Crippen LogP contribution in [0.1, 0.15) is 16.7 Å². The van der Waals surface area contributed by atoms with Crippen molar-refractivity contribution in [2.24, 2.45) is 0 Å². The highest BCUT2D eigenvalue weighted by atomic mass is 32.2. The van der Waals surface area contributed by atoms with Gasteiger partial charge in [0, 0.05) is 53.9 Å². The number of hydrogen-bond acceptors (Lipinski definition) is 6. The fraction of sp³-hybridized carbons (Fsp3) is 0.114. The van der Waals surface area contributed by atoms with E-state index in [0.29, 0.717) is 17.7 Å². The Hall–Kier alpha value is -5.23. The minimum Gasteiger partial charge on any atom is -0.353 e. The van der Waals surface area contributed by atoms with E-state index in [4.69, 9.17) is 0 Å². The lowest BCUT2D eigenvalue weighted by molar-refractivity contribution is 0.586.